The van der Waals surface area contributed by atoms with Crippen LogP contribution in [0.2, 0.25) is 0 Å². The molecule has 2 aliphatic rings. The number of carbonyl (C=O) groups is 1. The summed E-state index contributed by atoms with van der Waals surface area (Å²) in [5, 5.41) is 13.4. The van der Waals surface area contributed by atoms with Gasteiger partial charge in [-0.15, -0.1) is 11.3 Å². The first-order chi connectivity index (χ1) is 15.6. The Morgan fingerprint density at radius 2 is 2.00 bits per heavy atom. The van der Waals surface area contributed by atoms with Crippen LogP contribution in [0.15, 0.2) is 35.6 Å². The molecule has 2 aromatic heterocycles. The van der Waals surface area contributed by atoms with Crippen LogP contribution in [-0.2, 0) is 0 Å². The number of anilines is 3. The zero-order chi connectivity index (χ0) is 22.2. The Bertz CT molecular complexity index is 1220. The lowest BCUT2D eigenvalue weighted by Crippen LogP contribution is -2.31. The average molecular weight is 453 g/mol. The average Bonchev–Trinajstić information content (AvgIpc) is 2.98. The second kappa shape index (κ2) is 8.19. The number of nitrogens with zero attached hydrogens (tertiary/aromatic N) is 4. The van der Waals surface area contributed by atoms with Crippen molar-refractivity contribution in [3.63, 3.8) is 0 Å². The van der Waals surface area contributed by atoms with Crippen molar-refractivity contribution < 1.29 is 14.7 Å². The molecule has 5 rings (SSSR count). The lowest BCUT2D eigenvalue weighted by Gasteiger charge is -2.27. The summed E-state index contributed by atoms with van der Waals surface area (Å²) in [5.41, 5.74) is 15.8. The van der Waals surface area contributed by atoms with Gasteiger partial charge in [-0.3, -0.25) is 4.79 Å². The fourth-order valence-corrected chi connectivity index (χ4v) is 5.39. The van der Waals surface area contributed by atoms with Gasteiger partial charge in [-0.2, -0.15) is 0 Å². The molecule has 0 bridgehead atoms. The minimum atomic E-state index is -0.525. The number of amides is 1. The highest BCUT2D eigenvalue weighted by Crippen LogP contribution is 2.39. The third kappa shape index (κ3) is 3.46. The summed E-state index contributed by atoms with van der Waals surface area (Å²) in [7, 11) is 0. The van der Waals surface area contributed by atoms with Gasteiger partial charge in [0.25, 0.3) is 5.91 Å². The molecular weight excluding hydrogens is 428 g/mol. The van der Waals surface area contributed by atoms with Gasteiger partial charge >= 0.3 is 0 Å². The molecule has 9 nitrogen and oxygen atoms in total. The smallest absolute Gasteiger partial charge is 0.260 e. The molecule has 0 radical (unpaired) electrons. The molecule has 0 spiro atoms. The van der Waals surface area contributed by atoms with Crippen LogP contribution in [-0.4, -0.2) is 54.6 Å². The molecule has 1 fully saturated rings. The number of nitrogens with two attached hydrogens (primary N) is 2. The highest BCUT2D eigenvalue weighted by atomic mass is 32.1. The molecule has 5 N–H and O–H groups in total. The number of aromatic nitrogens is 1. The minimum Gasteiger partial charge on any atom is -0.492 e. The summed E-state index contributed by atoms with van der Waals surface area (Å²) in [6, 6.07) is 7.99. The number of hydrogen-bond donors (Lipinski definition) is 3. The van der Waals surface area contributed by atoms with E-state index in [9.17, 15) is 10.0 Å². The largest absolute Gasteiger partial charge is 0.492 e. The summed E-state index contributed by atoms with van der Waals surface area (Å²) < 4.78 is 5.81. The first-order valence-electron chi connectivity index (χ1n) is 10.5. The van der Waals surface area contributed by atoms with E-state index in [2.05, 4.69) is 26.0 Å². The maximum absolute atomic E-state index is 11.7. The van der Waals surface area contributed by atoms with Gasteiger partial charge in [-0.05, 0) is 24.6 Å². The number of carbonyl (C=O) groups excluding carboxylic acids is 1. The maximum Gasteiger partial charge on any atom is 0.260 e. The van der Waals surface area contributed by atoms with Crippen molar-refractivity contribution >= 4 is 50.2 Å². The van der Waals surface area contributed by atoms with E-state index in [1.807, 2.05) is 18.2 Å². The van der Waals surface area contributed by atoms with Gasteiger partial charge in [-0.25, -0.2) is 4.98 Å². The van der Waals surface area contributed by atoms with Crippen LogP contribution in [0.3, 0.4) is 0 Å². The Morgan fingerprint density at radius 3 is 2.81 bits per heavy atom. The van der Waals surface area contributed by atoms with E-state index in [0.717, 1.165) is 65.5 Å². The van der Waals surface area contributed by atoms with Crippen molar-refractivity contribution in [1.82, 2.24) is 4.98 Å². The van der Waals surface area contributed by atoms with E-state index in [-0.39, 0.29) is 0 Å². The van der Waals surface area contributed by atoms with Crippen LogP contribution in [0.4, 0.5) is 17.1 Å². The van der Waals surface area contributed by atoms with Gasteiger partial charge in [-0.1, -0.05) is 5.16 Å². The fourth-order valence-electron chi connectivity index (χ4n) is 4.45. The first kappa shape index (κ1) is 20.4. The van der Waals surface area contributed by atoms with E-state index in [4.69, 9.17) is 16.2 Å². The molecule has 10 heteroatoms. The second-order valence-electron chi connectivity index (χ2n) is 7.87. The number of oxime groups is 1. The van der Waals surface area contributed by atoms with Crippen molar-refractivity contribution in [3.05, 3.63) is 40.9 Å². The monoisotopic (exact) mass is 452 g/mol. The predicted octanol–water partition coefficient (Wildman–Crippen LogP) is 2.65. The number of primary amides is 1. The summed E-state index contributed by atoms with van der Waals surface area (Å²) in [6.07, 6.45) is 3.31. The van der Waals surface area contributed by atoms with Gasteiger partial charge in [0, 0.05) is 56.1 Å². The quantitative estimate of drug-likeness (QED) is 0.411. The van der Waals surface area contributed by atoms with Gasteiger partial charge in [0.1, 0.15) is 15.5 Å². The molecule has 0 saturated carbocycles. The molecule has 3 aromatic rings. The molecule has 0 unspecified atom stereocenters. The van der Waals surface area contributed by atoms with Crippen molar-refractivity contribution in [2.24, 2.45) is 10.9 Å². The summed E-state index contributed by atoms with van der Waals surface area (Å²) in [5.74, 6) is 0.228. The van der Waals surface area contributed by atoms with Gasteiger partial charge in [0.2, 0.25) is 0 Å². The molecule has 166 valence electrons. The van der Waals surface area contributed by atoms with Crippen molar-refractivity contribution in [1.29, 1.82) is 0 Å². The number of pyridine rings is 1. The SMILES string of the molecule is NC(=O)c1sc2nccc(N3CCCN(c4ccc5c(c4)OCC/C5=N\O)CC3)c2c1N. The van der Waals surface area contributed by atoms with Crippen LogP contribution in [0.25, 0.3) is 10.2 Å². The lowest BCUT2D eigenvalue weighted by molar-refractivity contribution is 0.100. The number of benzene rings is 1. The Morgan fingerprint density at radius 1 is 1.19 bits per heavy atom. The summed E-state index contributed by atoms with van der Waals surface area (Å²) in [6.45, 7) is 3.88. The van der Waals surface area contributed by atoms with Crippen LogP contribution >= 0.6 is 11.3 Å². The van der Waals surface area contributed by atoms with Crippen LogP contribution in [0, 0.1) is 0 Å². The van der Waals surface area contributed by atoms with Crippen LogP contribution in [0.5, 0.6) is 5.75 Å². The molecule has 0 atom stereocenters. The highest BCUT2D eigenvalue weighted by molar-refractivity contribution is 7.21. The first-order valence-corrected chi connectivity index (χ1v) is 11.3. The number of ether oxygens (including phenoxy) is 1. The Labute approximate surface area is 188 Å². The lowest BCUT2D eigenvalue weighted by atomic mass is 10.0. The third-order valence-electron chi connectivity index (χ3n) is 6.03. The number of hydrogen-bond acceptors (Lipinski definition) is 9. The molecule has 4 heterocycles. The molecule has 0 aliphatic carbocycles. The number of thiophene rings is 1. The predicted molar refractivity (Wildman–Crippen MR) is 126 cm³/mol. The van der Waals surface area contributed by atoms with E-state index in [0.29, 0.717) is 29.3 Å². The molecular formula is C22H24N6O3S. The molecule has 1 aromatic carbocycles. The summed E-state index contributed by atoms with van der Waals surface area (Å²) in [4.78, 5) is 21.9. The summed E-state index contributed by atoms with van der Waals surface area (Å²) >= 11 is 1.24. The standard InChI is InChI=1S/C22H24N6O3S/c23-19-18-16(4-6-25-22(18)32-20(19)21(24)29)28-8-1-7-27(9-10-28)13-2-3-14-15(26-30)5-11-31-17(14)12-13/h2-4,6,12,30H,1,5,7-11,23H2,(H2,24,29)/b26-15+. The zero-order valence-electron chi connectivity index (χ0n) is 17.5. The Balaban J connectivity index is 1.40. The van der Waals surface area contributed by atoms with E-state index >= 15 is 0 Å². The fraction of sp³-hybridized carbons (Fsp3) is 0.318. The van der Waals surface area contributed by atoms with Gasteiger partial charge < -0.3 is 31.2 Å². The van der Waals surface area contributed by atoms with E-state index in [1.165, 1.54) is 11.3 Å². The second-order valence-corrected chi connectivity index (χ2v) is 8.87. The molecule has 1 amide bonds. The van der Waals surface area contributed by atoms with Gasteiger partial charge in [0.05, 0.1) is 29.1 Å². The third-order valence-corrected chi connectivity index (χ3v) is 7.15. The zero-order valence-corrected chi connectivity index (χ0v) is 18.3. The van der Waals surface area contributed by atoms with Crippen LogP contribution < -0.4 is 26.0 Å². The van der Waals surface area contributed by atoms with Crippen LogP contribution in [0.1, 0.15) is 28.1 Å². The van der Waals surface area contributed by atoms with Crippen molar-refractivity contribution in [3.8, 4) is 5.75 Å². The molecule has 32 heavy (non-hydrogen) atoms. The van der Waals surface area contributed by atoms with Crippen molar-refractivity contribution in [2.75, 3.05) is 48.3 Å². The van der Waals surface area contributed by atoms with E-state index < -0.39 is 5.91 Å². The topological polar surface area (TPSA) is 130 Å². The minimum absolute atomic E-state index is 0.358. The number of fused-ring (bicyclic) bond motifs is 2. The Hall–Kier alpha value is -3.53. The van der Waals surface area contributed by atoms with Gasteiger partial charge in [0.15, 0.2) is 0 Å². The Kier molecular flexibility index (Phi) is 5.22. The maximum atomic E-state index is 11.7. The number of rotatable bonds is 3. The normalized spacial score (nSPS) is 17.8. The van der Waals surface area contributed by atoms with E-state index in [1.54, 1.807) is 6.20 Å². The number of nitrogen functional groups attached to an aromatic ring is 1. The van der Waals surface area contributed by atoms with Crippen molar-refractivity contribution in [2.45, 2.75) is 12.8 Å². The molecule has 2 aliphatic heterocycles. The molecule has 1 saturated heterocycles. The highest BCUT2D eigenvalue weighted by Gasteiger charge is 2.24.